The number of para-hydroxylation sites is 3. The fraction of sp³-hybridized carbons (Fsp3) is 0.385. The van der Waals surface area contributed by atoms with Crippen LogP contribution in [0.2, 0.25) is 0 Å². The van der Waals surface area contributed by atoms with Crippen molar-refractivity contribution in [2.75, 3.05) is 4.90 Å². The van der Waals surface area contributed by atoms with Gasteiger partial charge >= 0.3 is 0 Å². The third-order valence-corrected chi connectivity index (χ3v) is 15.8. The van der Waals surface area contributed by atoms with E-state index in [4.69, 9.17) is 53.9 Å². The summed E-state index contributed by atoms with van der Waals surface area (Å²) in [5, 5.41) is 0.781. The fourth-order valence-electron chi connectivity index (χ4n) is 13.5. The summed E-state index contributed by atoms with van der Waals surface area (Å²) in [6, 6.07) is 34.9. The molecule has 0 saturated heterocycles. The maximum atomic E-state index is 8.45. The average Bonchev–Trinajstić information content (AvgIpc) is 3.52. The first-order valence-corrected chi connectivity index (χ1v) is 22.5. The highest BCUT2D eigenvalue weighted by Crippen LogP contribution is 2.67. The standard InChI is InChI=1S/C52H48B5N3O/c1-28-19-31-23-30(3)52(35(22-28)24-31)39-15-6-9-18-42(39)60(41-17-8-5-14-38(41)51(61-52)27-32-20-29(2)21-34(51)25-32)36-12-10-11-33(26-36)50-58-40-16-7-4-13-37(40)49(59-50)43-44(53)46(55)48(57)47(56)45(43)54/h4-18,26,28-32,34-35H,19-25,27H2,1-3H3. The molecule has 0 amide bonds. The lowest BCUT2D eigenvalue weighted by Crippen LogP contribution is -2.56. The molecule has 10 radical (unpaired) electrons. The minimum atomic E-state index is -0.440. The van der Waals surface area contributed by atoms with Crippen LogP contribution in [0.1, 0.15) is 83.3 Å². The highest BCUT2D eigenvalue weighted by atomic mass is 16.5. The Labute approximate surface area is 368 Å². The molecular weight excluding hydrogens is 737 g/mol. The van der Waals surface area contributed by atoms with E-state index >= 15 is 0 Å². The first-order valence-electron chi connectivity index (χ1n) is 22.5. The molecule has 1 aliphatic heterocycles. The Kier molecular flexibility index (Phi) is 9.39. The molecule has 9 atom stereocenters. The van der Waals surface area contributed by atoms with E-state index in [0.29, 0.717) is 52.6 Å². The normalized spacial score (nSPS) is 30.2. The summed E-state index contributed by atoms with van der Waals surface area (Å²) in [7, 11) is 32.4. The number of aromatic nitrogens is 2. The maximum absolute atomic E-state index is 8.45. The number of nitrogens with zero attached hydrogens (tertiary/aromatic N) is 3. The lowest BCUT2D eigenvalue weighted by molar-refractivity contribution is -0.257. The summed E-state index contributed by atoms with van der Waals surface area (Å²) in [5.74, 6) is 4.52. The molecule has 292 valence electrons. The molecule has 9 unspecified atom stereocenters. The van der Waals surface area contributed by atoms with Crippen molar-refractivity contribution in [1.82, 2.24) is 9.97 Å². The monoisotopic (exact) mass is 785 g/mol. The summed E-state index contributed by atoms with van der Waals surface area (Å²) >= 11 is 0. The molecule has 11 rings (SSSR count). The minimum absolute atomic E-state index is 0.170. The maximum Gasteiger partial charge on any atom is 0.160 e. The van der Waals surface area contributed by atoms with Gasteiger partial charge in [0.25, 0.3) is 0 Å². The van der Waals surface area contributed by atoms with Crippen LogP contribution >= 0.6 is 0 Å². The highest BCUT2D eigenvalue weighted by Gasteiger charge is 2.63. The van der Waals surface area contributed by atoms with Crippen LogP contribution in [0.5, 0.6) is 0 Å². The first-order chi connectivity index (χ1) is 29.5. The predicted octanol–water partition coefficient (Wildman–Crippen LogP) is 7.37. The van der Waals surface area contributed by atoms with Gasteiger partial charge in [-0.2, -0.15) is 0 Å². The van der Waals surface area contributed by atoms with Crippen LogP contribution in [0, 0.1) is 41.4 Å². The Bertz CT molecular complexity index is 2710. The molecule has 61 heavy (non-hydrogen) atoms. The highest BCUT2D eigenvalue weighted by molar-refractivity contribution is 6.68. The zero-order chi connectivity index (χ0) is 41.9. The van der Waals surface area contributed by atoms with Crippen molar-refractivity contribution < 1.29 is 4.74 Å². The Balaban J connectivity index is 1.15. The molecule has 2 heterocycles. The fourth-order valence-corrected chi connectivity index (χ4v) is 13.5. The van der Waals surface area contributed by atoms with Crippen LogP contribution in [0.15, 0.2) is 97.1 Å². The van der Waals surface area contributed by atoms with Crippen LogP contribution in [0.25, 0.3) is 33.5 Å². The van der Waals surface area contributed by atoms with E-state index in [1.807, 2.05) is 24.3 Å². The minimum Gasteiger partial charge on any atom is -0.358 e. The number of rotatable bonds is 3. The van der Waals surface area contributed by atoms with Gasteiger partial charge in [0.05, 0.1) is 28.2 Å². The summed E-state index contributed by atoms with van der Waals surface area (Å²) < 4.78 is 8.45. The summed E-state index contributed by atoms with van der Waals surface area (Å²) in [4.78, 5) is 12.9. The molecule has 4 fully saturated rings. The van der Waals surface area contributed by atoms with Gasteiger partial charge in [-0.15, -0.1) is 16.4 Å². The number of ether oxygens (including phenoxy) is 1. The summed E-state index contributed by atoms with van der Waals surface area (Å²) in [5.41, 5.74) is 8.83. The quantitative estimate of drug-likeness (QED) is 0.176. The van der Waals surface area contributed by atoms with Gasteiger partial charge in [-0.25, -0.2) is 9.97 Å². The van der Waals surface area contributed by atoms with Crippen LogP contribution in [-0.4, -0.2) is 49.2 Å². The molecular formula is C52H48B5N3O. The Morgan fingerprint density at radius 3 is 1.98 bits per heavy atom. The van der Waals surface area contributed by atoms with Gasteiger partial charge in [0.1, 0.15) is 44.8 Å². The zero-order valence-electron chi connectivity index (χ0n) is 35.6. The molecule has 4 saturated carbocycles. The second-order valence-corrected chi connectivity index (χ2v) is 19.7. The van der Waals surface area contributed by atoms with E-state index in [9.17, 15) is 0 Å². The molecule has 0 N–H and O–H groups in total. The lowest BCUT2D eigenvalue weighted by atomic mass is 9.55. The van der Waals surface area contributed by atoms with Crippen LogP contribution in [0.3, 0.4) is 0 Å². The lowest BCUT2D eigenvalue weighted by Gasteiger charge is -2.60. The number of benzene rings is 5. The molecule has 2 spiro atoms. The molecule has 5 aromatic carbocycles. The first kappa shape index (κ1) is 39.4. The van der Waals surface area contributed by atoms with E-state index < -0.39 is 11.2 Å². The van der Waals surface area contributed by atoms with Crippen molar-refractivity contribution >= 4 is 94.5 Å². The third kappa shape index (κ3) is 5.95. The van der Waals surface area contributed by atoms with Crippen molar-refractivity contribution in [1.29, 1.82) is 0 Å². The SMILES string of the molecule is [B]c1c([B])c([B])c(-c2nc(-c3cccc(N4c5ccccc5C5(CC6CC(C)CC5C6)OC5(c6ccccc64)C(C)CC4CC(C)CC5C4)c3)nc3ccccc23)c([B])c1[B]. The van der Waals surface area contributed by atoms with E-state index in [-0.39, 0.29) is 27.3 Å². The zero-order valence-corrected chi connectivity index (χ0v) is 35.6. The van der Waals surface area contributed by atoms with Gasteiger partial charge in [-0.05, 0) is 129 Å². The smallest absolute Gasteiger partial charge is 0.160 e. The number of hydrogen-bond acceptors (Lipinski definition) is 4. The van der Waals surface area contributed by atoms with Gasteiger partial charge in [0, 0.05) is 27.8 Å². The molecule has 6 aromatic rings. The predicted molar refractivity (Wildman–Crippen MR) is 255 cm³/mol. The van der Waals surface area contributed by atoms with E-state index in [0.717, 1.165) is 34.5 Å². The van der Waals surface area contributed by atoms with Crippen molar-refractivity contribution in [3.63, 3.8) is 0 Å². The van der Waals surface area contributed by atoms with Gasteiger partial charge in [0.15, 0.2) is 5.82 Å². The third-order valence-electron chi connectivity index (χ3n) is 15.8. The van der Waals surface area contributed by atoms with Gasteiger partial charge in [-0.3, -0.25) is 0 Å². The Morgan fingerprint density at radius 1 is 0.590 bits per heavy atom. The number of hydrogen-bond donors (Lipinski definition) is 0. The molecule has 4 nitrogen and oxygen atoms in total. The topological polar surface area (TPSA) is 38.2 Å². The second-order valence-electron chi connectivity index (χ2n) is 19.7. The van der Waals surface area contributed by atoms with Crippen LogP contribution in [-0.2, 0) is 15.9 Å². The molecule has 9 heteroatoms. The molecule has 5 aliphatic rings. The molecule has 1 aromatic heterocycles. The Hall–Kier alpha value is -4.48. The average molecular weight is 785 g/mol. The van der Waals surface area contributed by atoms with Crippen molar-refractivity contribution in [2.24, 2.45) is 41.4 Å². The van der Waals surface area contributed by atoms with Gasteiger partial charge < -0.3 is 9.64 Å². The van der Waals surface area contributed by atoms with E-state index in [1.54, 1.807) is 0 Å². The van der Waals surface area contributed by atoms with Crippen LogP contribution in [0.4, 0.5) is 17.1 Å². The Morgan fingerprint density at radius 2 is 1.21 bits per heavy atom. The van der Waals surface area contributed by atoms with Crippen LogP contribution < -0.4 is 32.2 Å². The number of fused-ring (bicyclic) bond motifs is 11. The van der Waals surface area contributed by atoms with Gasteiger partial charge in [-0.1, -0.05) is 98.4 Å². The largest absolute Gasteiger partial charge is 0.358 e. The van der Waals surface area contributed by atoms with Crippen molar-refractivity contribution in [2.45, 2.75) is 83.3 Å². The number of anilines is 3. The molecule has 4 bridgehead atoms. The van der Waals surface area contributed by atoms with Crippen molar-refractivity contribution in [3.8, 4) is 22.6 Å². The summed E-state index contributed by atoms with van der Waals surface area (Å²) in [6.07, 6.45) is 9.69. The van der Waals surface area contributed by atoms with Crippen molar-refractivity contribution in [3.05, 3.63) is 108 Å². The van der Waals surface area contributed by atoms with E-state index in [1.165, 1.54) is 67.4 Å². The van der Waals surface area contributed by atoms with E-state index in [2.05, 4.69) is 98.5 Å². The molecule has 4 aliphatic carbocycles. The second kappa shape index (κ2) is 14.5. The summed E-state index contributed by atoms with van der Waals surface area (Å²) in [6.45, 7) is 7.45. The van der Waals surface area contributed by atoms with Gasteiger partial charge in [0.2, 0.25) is 0 Å².